The molecule has 2 aromatic rings. The van der Waals surface area contributed by atoms with Gasteiger partial charge in [-0.15, -0.1) is 0 Å². The summed E-state index contributed by atoms with van der Waals surface area (Å²) in [7, 11) is -3.64. The van der Waals surface area contributed by atoms with Gasteiger partial charge < -0.3 is 5.32 Å². The maximum absolute atomic E-state index is 12.3. The highest BCUT2D eigenvalue weighted by molar-refractivity contribution is 7.94. The third kappa shape index (κ3) is 4.05. The van der Waals surface area contributed by atoms with E-state index < -0.39 is 15.7 Å². The number of rotatable bonds is 4. The summed E-state index contributed by atoms with van der Waals surface area (Å²) in [6.45, 7) is 3.36. The van der Waals surface area contributed by atoms with Gasteiger partial charge in [-0.2, -0.15) is 0 Å². The highest BCUT2D eigenvalue weighted by atomic mass is 32.2. The number of para-hydroxylation sites is 1. The van der Waals surface area contributed by atoms with E-state index in [4.69, 9.17) is 0 Å². The molecule has 0 fully saturated rings. The lowest BCUT2D eigenvalue weighted by Crippen LogP contribution is -2.13. The van der Waals surface area contributed by atoms with Gasteiger partial charge in [-0.3, -0.25) is 4.79 Å². The molecule has 0 saturated heterocycles. The Kier molecular flexibility index (Phi) is 4.78. The van der Waals surface area contributed by atoms with Crippen molar-refractivity contribution in [3.63, 3.8) is 0 Å². The first-order valence-corrected chi connectivity index (χ1v) is 8.29. The SMILES string of the molecule is CC(=CS(=O)(=O)c1ccc(C)cc1)C(=O)Nc1ccccc1. The molecule has 1 amide bonds. The van der Waals surface area contributed by atoms with Crippen LogP contribution < -0.4 is 5.32 Å². The fourth-order valence-electron chi connectivity index (χ4n) is 1.83. The van der Waals surface area contributed by atoms with Crippen molar-refractivity contribution in [3.8, 4) is 0 Å². The summed E-state index contributed by atoms with van der Waals surface area (Å²) in [4.78, 5) is 12.2. The molecule has 0 spiro atoms. The van der Waals surface area contributed by atoms with Crippen LogP contribution in [0, 0.1) is 6.92 Å². The number of carbonyl (C=O) groups excluding carboxylic acids is 1. The van der Waals surface area contributed by atoms with E-state index in [-0.39, 0.29) is 10.5 Å². The van der Waals surface area contributed by atoms with Crippen molar-refractivity contribution in [2.24, 2.45) is 0 Å². The van der Waals surface area contributed by atoms with E-state index in [0.717, 1.165) is 11.0 Å². The van der Waals surface area contributed by atoms with E-state index in [1.54, 1.807) is 36.4 Å². The van der Waals surface area contributed by atoms with Gasteiger partial charge in [0, 0.05) is 16.7 Å². The predicted molar refractivity (Wildman–Crippen MR) is 87.2 cm³/mol. The Labute approximate surface area is 130 Å². The fraction of sp³-hybridized carbons (Fsp3) is 0.118. The van der Waals surface area contributed by atoms with Crippen molar-refractivity contribution in [1.29, 1.82) is 0 Å². The molecule has 1 N–H and O–H groups in total. The van der Waals surface area contributed by atoms with Crippen molar-refractivity contribution >= 4 is 21.4 Å². The van der Waals surface area contributed by atoms with Crippen LogP contribution >= 0.6 is 0 Å². The number of benzene rings is 2. The largest absolute Gasteiger partial charge is 0.322 e. The van der Waals surface area contributed by atoms with Gasteiger partial charge in [0.05, 0.1) is 4.90 Å². The smallest absolute Gasteiger partial charge is 0.252 e. The van der Waals surface area contributed by atoms with Gasteiger partial charge in [0.15, 0.2) is 9.84 Å². The number of carbonyl (C=O) groups is 1. The minimum atomic E-state index is -3.64. The van der Waals surface area contributed by atoms with Gasteiger partial charge in [0.1, 0.15) is 0 Å². The highest BCUT2D eigenvalue weighted by Crippen LogP contribution is 2.16. The van der Waals surface area contributed by atoms with Crippen LogP contribution in [-0.4, -0.2) is 14.3 Å². The lowest BCUT2D eigenvalue weighted by Gasteiger charge is -2.06. The van der Waals surface area contributed by atoms with Gasteiger partial charge in [0.2, 0.25) is 0 Å². The number of aryl methyl sites for hydroxylation is 1. The number of sulfone groups is 1. The standard InChI is InChI=1S/C17H17NO3S/c1-13-8-10-16(11-9-13)22(20,21)12-14(2)17(19)18-15-6-4-3-5-7-15/h3-12H,1-2H3,(H,18,19). The van der Waals surface area contributed by atoms with Crippen LogP contribution in [0.1, 0.15) is 12.5 Å². The average molecular weight is 315 g/mol. The Hall–Kier alpha value is -2.40. The minimum absolute atomic E-state index is 0.129. The Bertz CT molecular complexity index is 792. The minimum Gasteiger partial charge on any atom is -0.322 e. The van der Waals surface area contributed by atoms with Crippen molar-refractivity contribution in [2.45, 2.75) is 18.7 Å². The number of hydrogen-bond acceptors (Lipinski definition) is 3. The third-order valence-electron chi connectivity index (χ3n) is 3.07. The van der Waals surface area contributed by atoms with Crippen LogP contribution in [-0.2, 0) is 14.6 Å². The van der Waals surface area contributed by atoms with E-state index in [1.165, 1.54) is 19.1 Å². The zero-order valence-electron chi connectivity index (χ0n) is 12.4. The lowest BCUT2D eigenvalue weighted by atomic mass is 10.2. The second-order valence-electron chi connectivity index (χ2n) is 4.98. The number of anilines is 1. The molecular weight excluding hydrogens is 298 g/mol. The Morgan fingerprint density at radius 1 is 1.00 bits per heavy atom. The van der Waals surface area contributed by atoms with Gasteiger partial charge in [0.25, 0.3) is 5.91 Å². The fourth-order valence-corrected chi connectivity index (χ4v) is 3.06. The van der Waals surface area contributed by atoms with E-state index >= 15 is 0 Å². The van der Waals surface area contributed by atoms with Crippen LogP contribution in [0.15, 0.2) is 70.5 Å². The molecule has 4 nitrogen and oxygen atoms in total. The van der Waals surface area contributed by atoms with E-state index in [1.807, 2.05) is 13.0 Å². The first kappa shape index (κ1) is 16.0. The molecule has 114 valence electrons. The summed E-state index contributed by atoms with van der Waals surface area (Å²) in [5.41, 5.74) is 1.72. The topological polar surface area (TPSA) is 63.2 Å². The average Bonchev–Trinajstić information content (AvgIpc) is 2.48. The van der Waals surface area contributed by atoms with Crippen LogP contribution in [0.25, 0.3) is 0 Å². The molecule has 0 saturated carbocycles. The van der Waals surface area contributed by atoms with Crippen molar-refractivity contribution in [3.05, 3.63) is 71.1 Å². The molecule has 0 unspecified atom stereocenters. The van der Waals surface area contributed by atoms with Crippen LogP contribution in [0.4, 0.5) is 5.69 Å². The Morgan fingerprint density at radius 2 is 1.59 bits per heavy atom. The molecule has 22 heavy (non-hydrogen) atoms. The first-order valence-electron chi connectivity index (χ1n) is 6.75. The summed E-state index contributed by atoms with van der Waals surface area (Å²) in [5, 5.41) is 3.65. The zero-order chi connectivity index (χ0) is 16.2. The molecule has 2 aromatic carbocycles. The summed E-state index contributed by atoms with van der Waals surface area (Å²) in [5.74, 6) is -0.443. The molecule has 5 heteroatoms. The third-order valence-corrected chi connectivity index (χ3v) is 4.66. The Morgan fingerprint density at radius 3 is 2.18 bits per heavy atom. The molecule has 0 radical (unpaired) electrons. The summed E-state index contributed by atoms with van der Waals surface area (Å²) in [6, 6.07) is 15.4. The summed E-state index contributed by atoms with van der Waals surface area (Å²) in [6.07, 6.45) is 0. The van der Waals surface area contributed by atoms with Gasteiger partial charge in [-0.05, 0) is 38.1 Å². The molecule has 0 atom stereocenters. The zero-order valence-corrected chi connectivity index (χ0v) is 13.2. The second-order valence-corrected chi connectivity index (χ2v) is 6.78. The highest BCUT2D eigenvalue weighted by Gasteiger charge is 2.14. The monoisotopic (exact) mass is 315 g/mol. The van der Waals surface area contributed by atoms with Crippen LogP contribution in [0.5, 0.6) is 0 Å². The summed E-state index contributed by atoms with van der Waals surface area (Å²) >= 11 is 0. The van der Waals surface area contributed by atoms with E-state index in [9.17, 15) is 13.2 Å². The van der Waals surface area contributed by atoms with Gasteiger partial charge in [-0.1, -0.05) is 35.9 Å². The number of amides is 1. The maximum atomic E-state index is 12.3. The molecule has 0 aliphatic heterocycles. The van der Waals surface area contributed by atoms with E-state index in [2.05, 4.69) is 5.32 Å². The van der Waals surface area contributed by atoms with Crippen LogP contribution in [0.3, 0.4) is 0 Å². The van der Waals surface area contributed by atoms with Crippen molar-refractivity contribution in [2.75, 3.05) is 5.32 Å². The Balaban J connectivity index is 2.20. The molecule has 2 rings (SSSR count). The number of nitrogens with one attached hydrogen (secondary N) is 1. The molecule has 0 heterocycles. The maximum Gasteiger partial charge on any atom is 0.252 e. The van der Waals surface area contributed by atoms with Gasteiger partial charge in [-0.25, -0.2) is 8.42 Å². The molecular formula is C17H17NO3S. The van der Waals surface area contributed by atoms with E-state index in [0.29, 0.717) is 5.69 Å². The van der Waals surface area contributed by atoms with Crippen molar-refractivity contribution in [1.82, 2.24) is 0 Å². The lowest BCUT2D eigenvalue weighted by molar-refractivity contribution is -0.112. The normalized spacial score (nSPS) is 12.0. The quantitative estimate of drug-likeness (QED) is 0.880. The first-order chi connectivity index (χ1) is 10.4. The molecule has 0 aromatic heterocycles. The van der Waals surface area contributed by atoms with Crippen molar-refractivity contribution < 1.29 is 13.2 Å². The molecule has 0 aliphatic rings. The predicted octanol–water partition coefficient (Wildman–Crippen LogP) is 3.31. The second kappa shape index (κ2) is 6.58. The molecule has 0 bridgehead atoms. The van der Waals surface area contributed by atoms with Crippen LogP contribution in [0.2, 0.25) is 0 Å². The molecule has 0 aliphatic carbocycles. The number of hydrogen-bond donors (Lipinski definition) is 1. The van der Waals surface area contributed by atoms with Gasteiger partial charge >= 0.3 is 0 Å². The summed E-state index contributed by atoms with van der Waals surface area (Å²) < 4.78 is 24.5.